The Kier molecular flexibility index (Phi) is 7.12. The zero-order valence-corrected chi connectivity index (χ0v) is 21.7. The Bertz CT molecular complexity index is 890. The molecule has 0 spiro atoms. The number of hydrogen-bond acceptors (Lipinski definition) is 4. The van der Waals surface area contributed by atoms with E-state index in [0.717, 1.165) is 20.9 Å². The highest BCUT2D eigenvalue weighted by Gasteiger charge is 2.31. The Morgan fingerprint density at radius 1 is 0.594 bits per heavy atom. The Morgan fingerprint density at radius 2 is 0.938 bits per heavy atom. The van der Waals surface area contributed by atoms with Crippen molar-refractivity contribution in [2.75, 3.05) is 0 Å². The minimum Gasteiger partial charge on any atom is -0.506 e. The second-order valence-corrected chi connectivity index (χ2v) is 12.9. The summed E-state index contributed by atoms with van der Waals surface area (Å²) in [6.07, 6.45) is 12.7. The van der Waals surface area contributed by atoms with Crippen molar-refractivity contribution in [2.45, 2.75) is 113 Å². The van der Waals surface area contributed by atoms with E-state index in [2.05, 4.69) is 38.1 Å². The number of hydrogen-bond donors (Lipinski definition) is 2. The quantitative estimate of drug-likeness (QED) is 0.428. The van der Waals surface area contributed by atoms with Crippen molar-refractivity contribution < 1.29 is 10.2 Å². The van der Waals surface area contributed by atoms with Crippen molar-refractivity contribution in [2.24, 2.45) is 0 Å². The molecule has 0 bridgehead atoms. The van der Waals surface area contributed by atoms with Gasteiger partial charge >= 0.3 is 0 Å². The molecule has 2 nitrogen and oxygen atoms in total. The van der Waals surface area contributed by atoms with Crippen molar-refractivity contribution in [1.82, 2.24) is 0 Å². The van der Waals surface area contributed by atoms with Gasteiger partial charge in [-0.25, -0.2) is 0 Å². The molecule has 2 aromatic rings. The summed E-state index contributed by atoms with van der Waals surface area (Å²) in [5.74, 6) is 0.745. The number of phenolic OH excluding ortho intramolecular Hbond substituents is 2. The molecule has 0 unspecified atom stereocenters. The van der Waals surface area contributed by atoms with Crippen LogP contribution < -0.4 is 0 Å². The third kappa shape index (κ3) is 4.82. The van der Waals surface area contributed by atoms with E-state index in [-0.39, 0.29) is 10.8 Å². The van der Waals surface area contributed by atoms with Crippen LogP contribution in [0.5, 0.6) is 11.5 Å². The monoisotopic (exact) mass is 470 g/mol. The zero-order valence-electron chi connectivity index (χ0n) is 20.1. The lowest BCUT2D eigenvalue weighted by Crippen LogP contribution is -2.25. The maximum Gasteiger partial charge on any atom is 0.132 e. The van der Waals surface area contributed by atoms with E-state index in [0.29, 0.717) is 11.5 Å². The van der Waals surface area contributed by atoms with E-state index in [4.69, 9.17) is 0 Å². The maximum atomic E-state index is 10.8. The molecule has 32 heavy (non-hydrogen) atoms. The molecule has 2 aliphatic rings. The number of aryl methyl sites for hydroxylation is 2. The normalized spacial score (nSPS) is 20.2. The lowest BCUT2D eigenvalue weighted by Gasteiger charge is -2.35. The molecule has 0 saturated heterocycles. The predicted molar refractivity (Wildman–Crippen MR) is 138 cm³/mol. The summed E-state index contributed by atoms with van der Waals surface area (Å²) >= 11 is 0. The fraction of sp³-hybridized carbons (Fsp3) is 0.571. The van der Waals surface area contributed by atoms with Crippen molar-refractivity contribution in [3.8, 4) is 11.5 Å². The lowest BCUT2D eigenvalue weighted by molar-refractivity contribution is 0.318. The first-order valence-electron chi connectivity index (χ1n) is 12.2. The third-order valence-electron chi connectivity index (χ3n) is 8.06. The van der Waals surface area contributed by atoms with Gasteiger partial charge in [0.2, 0.25) is 0 Å². The highest BCUT2D eigenvalue weighted by atomic mass is 33.1. The van der Waals surface area contributed by atoms with Gasteiger partial charge in [0.25, 0.3) is 0 Å². The molecule has 4 rings (SSSR count). The standard InChI is InChI=1S/C28H38O2S2/c1-19-15-21(27(3)11-7-5-8-12-27)17-23(25(19)29)31-32-24-18-22(16-20(2)26(24)30)28(4)13-9-6-10-14-28/h15-18,29-30H,5-14H2,1-4H3. The minimum atomic E-state index is 0.199. The van der Waals surface area contributed by atoms with Gasteiger partial charge in [0.05, 0.1) is 9.79 Å². The lowest BCUT2D eigenvalue weighted by atomic mass is 9.71. The molecule has 0 heterocycles. The second-order valence-electron chi connectivity index (χ2n) is 10.7. The van der Waals surface area contributed by atoms with Crippen LogP contribution in [0.25, 0.3) is 0 Å². The molecule has 4 heteroatoms. The highest BCUT2D eigenvalue weighted by molar-refractivity contribution is 8.76. The first kappa shape index (κ1) is 23.9. The largest absolute Gasteiger partial charge is 0.506 e. The molecule has 2 fully saturated rings. The fourth-order valence-electron chi connectivity index (χ4n) is 5.65. The molecule has 2 aliphatic carbocycles. The molecular weight excluding hydrogens is 432 g/mol. The SMILES string of the molecule is Cc1cc(C2(C)CCCCC2)cc(SSc2cc(C3(C)CCCCC3)cc(C)c2O)c1O. The Hall–Kier alpha value is -1.26. The van der Waals surface area contributed by atoms with E-state index >= 15 is 0 Å². The molecule has 0 aliphatic heterocycles. The van der Waals surface area contributed by atoms with Crippen LogP contribution in [0, 0.1) is 13.8 Å². The average Bonchev–Trinajstić information content (AvgIpc) is 2.78. The first-order chi connectivity index (χ1) is 15.2. The highest BCUT2D eigenvalue weighted by Crippen LogP contribution is 2.50. The van der Waals surface area contributed by atoms with Gasteiger partial charge in [-0.2, -0.15) is 0 Å². The van der Waals surface area contributed by atoms with Gasteiger partial charge in [-0.15, -0.1) is 0 Å². The fourth-order valence-corrected chi connectivity index (χ4v) is 7.96. The Balaban J connectivity index is 1.61. The van der Waals surface area contributed by atoms with Gasteiger partial charge in [-0.3, -0.25) is 0 Å². The van der Waals surface area contributed by atoms with Gasteiger partial charge in [0.1, 0.15) is 11.5 Å². The third-order valence-corrected chi connectivity index (χ3v) is 10.5. The number of benzene rings is 2. The van der Waals surface area contributed by atoms with E-state index in [9.17, 15) is 10.2 Å². The summed E-state index contributed by atoms with van der Waals surface area (Å²) in [5, 5.41) is 21.6. The van der Waals surface area contributed by atoms with Crippen molar-refractivity contribution >= 4 is 21.6 Å². The number of rotatable bonds is 5. The molecule has 0 amide bonds. The molecule has 2 aromatic carbocycles. The van der Waals surface area contributed by atoms with Crippen LogP contribution in [0.3, 0.4) is 0 Å². The van der Waals surface area contributed by atoms with Crippen LogP contribution in [-0.4, -0.2) is 10.2 Å². The summed E-state index contributed by atoms with van der Waals surface area (Å²) in [4.78, 5) is 1.81. The van der Waals surface area contributed by atoms with Crippen LogP contribution in [0.4, 0.5) is 0 Å². The summed E-state index contributed by atoms with van der Waals surface area (Å²) in [5.41, 5.74) is 4.98. The van der Waals surface area contributed by atoms with Crippen LogP contribution >= 0.6 is 21.6 Å². The first-order valence-corrected chi connectivity index (χ1v) is 14.4. The van der Waals surface area contributed by atoms with Crippen LogP contribution in [-0.2, 0) is 10.8 Å². The maximum absolute atomic E-state index is 10.8. The Morgan fingerprint density at radius 3 is 1.28 bits per heavy atom. The molecule has 2 saturated carbocycles. The molecule has 174 valence electrons. The van der Waals surface area contributed by atoms with Gasteiger partial charge in [0, 0.05) is 0 Å². The Labute approximate surface area is 202 Å². The predicted octanol–water partition coefficient (Wildman–Crippen LogP) is 8.96. The topological polar surface area (TPSA) is 40.5 Å². The summed E-state index contributed by atoms with van der Waals surface area (Å²) in [6.45, 7) is 8.77. The van der Waals surface area contributed by atoms with E-state index in [1.165, 1.54) is 75.3 Å². The molecule has 0 atom stereocenters. The van der Waals surface area contributed by atoms with Gasteiger partial charge in [-0.1, -0.05) is 64.5 Å². The van der Waals surface area contributed by atoms with Gasteiger partial charge in [-0.05, 0) is 106 Å². The van der Waals surface area contributed by atoms with Gasteiger partial charge < -0.3 is 10.2 Å². The number of phenols is 2. The smallest absolute Gasteiger partial charge is 0.132 e. The summed E-state index contributed by atoms with van der Waals surface area (Å²) in [7, 11) is 3.15. The van der Waals surface area contributed by atoms with Crippen molar-refractivity contribution in [3.05, 3.63) is 46.5 Å². The average molecular weight is 471 g/mol. The minimum absolute atomic E-state index is 0.199. The number of aromatic hydroxyl groups is 2. The van der Waals surface area contributed by atoms with Crippen molar-refractivity contribution in [1.29, 1.82) is 0 Å². The van der Waals surface area contributed by atoms with Crippen LogP contribution in [0.2, 0.25) is 0 Å². The molecule has 2 N–H and O–H groups in total. The van der Waals surface area contributed by atoms with Crippen LogP contribution in [0.15, 0.2) is 34.1 Å². The second kappa shape index (κ2) is 9.54. The van der Waals surface area contributed by atoms with E-state index < -0.39 is 0 Å². The molecular formula is C28H38O2S2. The van der Waals surface area contributed by atoms with E-state index in [1.807, 2.05) is 13.8 Å². The molecule has 0 aromatic heterocycles. The zero-order chi connectivity index (χ0) is 22.9. The summed E-state index contributed by atoms with van der Waals surface area (Å²) in [6, 6.07) is 8.76. The van der Waals surface area contributed by atoms with Crippen LogP contribution in [0.1, 0.15) is 100 Å². The molecule has 0 radical (unpaired) electrons. The van der Waals surface area contributed by atoms with Gasteiger partial charge in [0.15, 0.2) is 0 Å². The van der Waals surface area contributed by atoms with Crippen molar-refractivity contribution in [3.63, 3.8) is 0 Å². The van der Waals surface area contributed by atoms with E-state index in [1.54, 1.807) is 21.6 Å². The summed E-state index contributed by atoms with van der Waals surface area (Å²) < 4.78 is 0.